The quantitative estimate of drug-likeness (QED) is 0.693. The Kier molecular flexibility index (Phi) is 2.04. The Morgan fingerprint density at radius 2 is 2.31 bits per heavy atom. The first kappa shape index (κ1) is 8.97. The van der Waals surface area contributed by atoms with E-state index in [1.165, 1.54) is 7.11 Å². The third kappa shape index (κ3) is 1.16. The van der Waals surface area contributed by atoms with E-state index in [9.17, 15) is 4.79 Å². The Bertz CT molecular complexity index is 228. The summed E-state index contributed by atoms with van der Waals surface area (Å²) < 4.78 is 10.7. The number of carboxylic acid groups (broad SMARTS) is 1. The molecule has 2 heterocycles. The standard InChI is InChI=1S/C9H14O4/c1-12-9(8(10)11)5-4-6-2-3-7(9)13-6/h6-7H,2-5H2,1H3,(H,10,11). The number of carbonyl (C=O) groups is 1. The predicted octanol–water partition coefficient (Wildman–Crippen LogP) is 0.798. The van der Waals surface area contributed by atoms with Crippen LogP contribution in [0.4, 0.5) is 0 Å². The largest absolute Gasteiger partial charge is 0.479 e. The molecule has 2 aliphatic heterocycles. The second-order valence-corrected chi connectivity index (χ2v) is 3.76. The predicted molar refractivity (Wildman–Crippen MR) is 44.5 cm³/mol. The van der Waals surface area contributed by atoms with E-state index < -0.39 is 11.6 Å². The van der Waals surface area contributed by atoms with Crippen molar-refractivity contribution in [1.82, 2.24) is 0 Å². The van der Waals surface area contributed by atoms with Gasteiger partial charge < -0.3 is 14.6 Å². The molecule has 4 nitrogen and oxygen atoms in total. The van der Waals surface area contributed by atoms with Crippen LogP contribution in [0.25, 0.3) is 0 Å². The molecule has 1 N–H and O–H groups in total. The average Bonchev–Trinajstić information content (AvgIpc) is 2.50. The summed E-state index contributed by atoms with van der Waals surface area (Å²) in [5.74, 6) is -0.889. The molecule has 2 fully saturated rings. The number of methoxy groups -OCH3 is 1. The molecule has 0 spiro atoms. The minimum absolute atomic E-state index is 0.242. The van der Waals surface area contributed by atoms with Crippen LogP contribution in [0.3, 0.4) is 0 Å². The second-order valence-electron chi connectivity index (χ2n) is 3.76. The van der Waals surface area contributed by atoms with Crippen molar-refractivity contribution in [2.45, 2.75) is 43.5 Å². The molecule has 0 amide bonds. The summed E-state index contributed by atoms with van der Waals surface area (Å²) in [6, 6.07) is 0. The molecule has 0 aromatic carbocycles. The molecular formula is C9H14O4. The molecule has 4 heteroatoms. The number of fused-ring (bicyclic) bond motifs is 2. The van der Waals surface area contributed by atoms with Gasteiger partial charge in [0.05, 0.1) is 12.2 Å². The zero-order chi connectivity index (χ0) is 9.47. The lowest BCUT2D eigenvalue weighted by atomic mass is 9.90. The molecule has 0 saturated carbocycles. The number of hydrogen-bond donors (Lipinski definition) is 1. The number of rotatable bonds is 2. The van der Waals surface area contributed by atoms with Crippen molar-refractivity contribution in [1.29, 1.82) is 0 Å². The van der Waals surface area contributed by atoms with Crippen LogP contribution in [0.15, 0.2) is 0 Å². The lowest BCUT2D eigenvalue weighted by Gasteiger charge is -2.37. The number of carboxylic acids is 1. The highest BCUT2D eigenvalue weighted by Gasteiger charge is 2.53. The smallest absolute Gasteiger partial charge is 0.338 e. The van der Waals surface area contributed by atoms with Crippen molar-refractivity contribution in [2.75, 3.05) is 7.11 Å². The van der Waals surface area contributed by atoms with E-state index in [0.717, 1.165) is 19.3 Å². The summed E-state index contributed by atoms with van der Waals surface area (Å²) in [7, 11) is 1.45. The summed E-state index contributed by atoms with van der Waals surface area (Å²) >= 11 is 0. The van der Waals surface area contributed by atoms with Crippen LogP contribution in [0.1, 0.15) is 25.7 Å². The van der Waals surface area contributed by atoms with Crippen molar-refractivity contribution in [3.63, 3.8) is 0 Å². The maximum absolute atomic E-state index is 11.1. The van der Waals surface area contributed by atoms with Gasteiger partial charge in [0.15, 0.2) is 5.60 Å². The fraction of sp³-hybridized carbons (Fsp3) is 0.889. The Hall–Kier alpha value is -0.610. The maximum Gasteiger partial charge on any atom is 0.338 e. The lowest BCUT2D eigenvalue weighted by Crippen LogP contribution is -2.53. The zero-order valence-electron chi connectivity index (χ0n) is 7.66. The number of hydrogen-bond acceptors (Lipinski definition) is 3. The van der Waals surface area contributed by atoms with Gasteiger partial charge in [0.1, 0.15) is 0 Å². The van der Waals surface area contributed by atoms with Gasteiger partial charge in [0.25, 0.3) is 0 Å². The molecule has 0 aliphatic carbocycles. The lowest BCUT2D eigenvalue weighted by molar-refractivity contribution is -0.195. The number of aliphatic carboxylic acids is 1. The first-order chi connectivity index (χ1) is 6.19. The highest BCUT2D eigenvalue weighted by atomic mass is 16.6. The second kappa shape index (κ2) is 2.96. The minimum atomic E-state index is -1.08. The molecule has 0 radical (unpaired) electrons. The third-order valence-corrected chi connectivity index (χ3v) is 3.19. The van der Waals surface area contributed by atoms with E-state index in [4.69, 9.17) is 14.6 Å². The van der Waals surface area contributed by atoms with Gasteiger partial charge in [-0.2, -0.15) is 0 Å². The van der Waals surface area contributed by atoms with Gasteiger partial charge in [-0.3, -0.25) is 0 Å². The molecule has 2 bridgehead atoms. The van der Waals surface area contributed by atoms with Gasteiger partial charge >= 0.3 is 5.97 Å². The Morgan fingerprint density at radius 1 is 1.54 bits per heavy atom. The molecular weight excluding hydrogens is 172 g/mol. The summed E-state index contributed by atoms with van der Waals surface area (Å²) in [6.45, 7) is 0. The van der Waals surface area contributed by atoms with E-state index in [1.54, 1.807) is 0 Å². The third-order valence-electron chi connectivity index (χ3n) is 3.19. The summed E-state index contributed by atoms with van der Waals surface area (Å²) in [4.78, 5) is 11.1. The fourth-order valence-electron chi connectivity index (χ4n) is 2.36. The van der Waals surface area contributed by atoms with Crippen LogP contribution >= 0.6 is 0 Å². The average molecular weight is 186 g/mol. The highest BCUT2D eigenvalue weighted by molar-refractivity contribution is 5.78. The summed E-state index contributed by atoms with van der Waals surface area (Å²) in [5.41, 5.74) is -1.08. The normalized spacial score (nSPS) is 43.5. The van der Waals surface area contributed by atoms with Crippen LogP contribution in [0.5, 0.6) is 0 Å². The maximum atomic E-state index is 11.1. The Morgan fingerprint density at radius 3 is 2.92 bits per heavy atom. The van der Waals surface area contributed by atoms with Crippen molar-refractivity contribution in [3.05, 3.63) is 0 Å². The van der Waals surface area contributed by atoms with E-state index >= 15 is 0 Å². The van der Waals surface area contributed by atoms with Crippen LogP contribution in [0, 0.1) is 0 Å². The summed E-state index contributed by atoms with van der Waals surface area (Å²) in [5, 5.41) is 9.10. The molecule has 2 rings (SSSR count). The first-order valence-corrected chi connectivity index (χ1v) is 4.63. The van der Waals surface area contributed by atoms with Crippen LogP contribution < -0.4 is 0 Å². The van der Waals surface area contributed by atoms with Crippen LogP contribution in [-0.2, 0) is 14.3 Å². The van der Waals surface area contributed by atoms with Gasteiger partial charge in [-0.1, -0.05) is 0 Å². The van der Waals surface area contributed by atoms with Gasteiger partial charge in [-0.25, -0.2) is 4.79 Å². The molecule has 0 aromatic rings. The van der Waals surface area contributed by atoms with Crippen molar-refractivity contribution >= 4 is 5.97 Å². The van der Waals surface area contributed by atoms with Gasteiger partial charge in [-0.15, -0.1) is 0 Å². The van der Waals surface area contributed by atoms with Crippen LogP contribution in [0.2, 0.25) is 0 Å². The van der Waals surface area contributed by atoms with E-state index in [1.807, 2.05) is 0 Å². The molecule has 3 atom stereocenters. The van der Waals surface area contributed by atoms with Crippen LogP contribution in [-0.4, -0.2) is 36.0 Å². The van der Waals surface area contributed by atoms with Crippen molar-refractivity contribution in [2.24, 2.45) is 0 Å². The Labute approximate surface area is 76.8 Å². The molecule has 13 heavy (non-hydrogen) atoms. The van der Waals surface area contributed by atoms with Crippen molar-refractivity contribution in [3.8, 4) is 0 Å². The van der Waals surface area contributed by atoms with Gasteiger partial charge in [0, 0.05) is 7.11 Å². The number of ether oxygens (including phenoxy) is 2. The topological polar surface area (TPSA) is 55.8 Å². The summed E-state index contributed by atoms with van der Waals surface area (Å²) in [6.07, 6.45) is 3.19. The van der Waals surface area contributed by atoms with Gasteiger partial charge in [-0.05, 0) is 25.7 Å². The minimum Gasteiger partial charge on any atom is -0.479 e. The monoisotopic (exact) mass is 186 g/mol. The molecule has 2 aliphatic rings. The van der Waals surface area contributed by atoms with E-state index in [0.29, 0.717) is 6.42 Å². The first-order valence-electron chi connectivity index (χ1n) is 4.63. The van der Waals surface area contributed by atoms with Crippen molar-refractivity contribution < 1.29 is 19.4 Å². The zero-order valence-corrected chi connectivity index (χ0v) is 7.66. The van der Waals surface area contributed by atoms with E-state index in [-0.39, 0.29) is 12.2 Å². The SMILES string of the molecule is COC1(C(=O)O)CCC2CCC1O2. The fourth-order valence-corrected chi connectivity index (χ4v) is 2.36. The highest BCUT2D eigenvalue weighted by Crippen LogP contribution is 2.41. The molecule has 3 unspecified atom stereocenters. The Balaban J connectivity index is 2.24. The molecule has 74 valence electrons. The molecule has 2 saturated heterocycles. The molecule has 0 aromatic heterocycles. The van der Waals surface area contributed by atoms with E-state index in [2.05, 4.69) is 0 Å². The van der Waals surface area contributed by atoms with Gasteiger partial charge in [0.2, 0.25) is 0 Å².